The first-order valence-electron chi connectivity index (χ1n) is 23.5. The first kappa shape index (κ1) is 51.7. The zero-order valence-electron chi connectivity index (χ0n) is 44.0. The van der Waals surface area contributed by atoms with Gasteiger partial charge in [0.15, 0.2) is 0 Å². The topological polar surface area (TPSA) is 261 Å². The Bertz CT molecular complexity index is 2890. The maximum atomic E-state index is 12.5. The zero-order chi connectivity index (χ0) is 53.6. The molecular formula is C53H49N3Na2O14. The molecule has 0 bridgehead atoms. The van der Waals surface area contributed by atoms with Gasteiger partial charge in [0.25, 0.3) is 18.3 Å². The van der Waals surface area contributed by atoms with Gasteiger partial charge in [-0.3, -0.25) is 24.0 Å². The number of hydrogen-bond donors (Lipinski definition) is 4. The van der Waals surface area contributed by atoms with E-state index in [0.717, 1.165) is 44.5 Å². The van der Waals surface area contributed by atoms with E-state index in [1.54, 1.807) is 36.4 Å². The maximum absolute atomic E-state index is 12.5. The number of ether oxygens (including phenoxy) is 2. The standard InChI is InChI=1S/C24H21NO4.C19H15NO5.C9H11NO2.CH2O3.2Na.H/c26-23(27)22(14-16-8-2-1-3-9-16)25-24(28)29-15-21-19-12-6-4-10-17(19)18-11-5-7-13-20(18)21;21-17-9-10-18(22)20(17)25-19(23)24-11-16-14-7-3-1-5-12(14)13-6-2-4-8-15(13)16;10-8(9(11)12)6-7-4-2-1-3-5-7;2-1-4-3;;;/h1-13,21-22H,14-15H2,(H,25,28)(H,26,27);1-8,16H,9-11H2;1-5,8H,6,10H2,(H,11,12);1,3H;;;/q;;;;2*+1;-1/p-1/t;;8-;;;;/m..1..../s1/i14D2;;6D2;;;;. The van der Waals surface area contributed by atoms with Crippen molar-refractivity contribution in [2.75, 3.05) is 13.2 Å². The van der Waals surface area contributed by atoms with Crippen LogP contribution in [0.25, 0.3) is 22.3 Å². The Kier molecular flexibility index (Phi) is 20.8. The van der Waals surface area contributed by atoms with Crippen molar-refractivity contribution in [3.05, 3.63) is 191 Å². The largest absolute Gasteiger partial charge is 1.00 e. The molecule has 0 radical (unpaired) electrons. The van der Waals surface area contributed by atoms with Crippen LogP contribution in [0.15, 0.2) is 158 Å². The molecule has 1 unspecified atom stereocenters. The van der Waals surface area contributed by atoms with Gasteiger partial charge in [-0.1, -0.05) is 163 Å². The zero-order valence-corrected chi connectivity index (χ0v) is 43.0. The summed E-state index contributed by atoms with van der Waals surface area (Å²) in [4.78, 5) is 85.6. The number of carboxylic acids is 2. The molecule has 6 aromatic carbocycles. The molecule has 19 heteroatoms. The van der Waals surface area contributed by atoms with Crippen molar-refractivity contribution in [3.8, 4) is 22.3 Å². The Morgan fingerprint density at radius 1 is 0.639 bits per heavy atom. The molecule has 2 atom stereocenters. The average Bonchev–Trinajstić information content (AvgIpc) is 4.04. The van der Waals surface area contributed by atoms with E-state index < -0.39 is 60.8 Å². The third-order valence-electron chi connectivity index (χ3n) is 10.8. The van der Waals surface area contributed by atoms with Gasteiger partial charge >= 0.3 is 83.3 Å². The summed E-state index contributed by atoms with van der Waals surface area (Å²) in [5.74, 6) is -4.17. The summed E-state index contributed by atoms with van der Waals surface area (Å²) in [6.07, 6.45) is -6.30. The number of hydroxylamine groups is 2. The number of amides is 3. The quantitative estimate of drug-likeness (QED) is 0.0306. The summed E-state index contributed by atoms with van der Waals surface area (Å²) >= 11 is 0. The number of rotatable bonds is 13. The summed E-state index contributed by atoms with van der Waals surface area (Å²) in [6.45, 7) is -0.0936. The van der Waals surface area contributed by atoms with Crippen molar-refractivity contribution >= 4 is 42.5 Å². The van der Waals surface area contributed by atoms with Gasteiger partial charge in [-0.25, -0.2) is 14.4 Å². The molecule has 9 rings (SSSR count). The van der Waals surface area contributed by atoms with E-state index in [-0.39, 0.29) is 116 Å². The Labute approximate surface area is 465 Å². The van der Waals surface area contributed by atoms with E-state index in [9.17, 15) is 33.9 Å². The van der Waals surface area contributed by atoms with Crippen molar-refractivity contribution < 1.29 is 134 Å². The van der Waals surface area contributed by atoms with Gasteiger partial charge in [-0.15, -0.1) is 0 Å². The van der Waals surface area contributed by atoms with Crippen LogP contribution in [0.2, 0.25) is 0 Å². The minimum absolute atomic E-state index is 0. The molecule has 72 heavy (non-hydrogen) atoms. The van der Waals surface area contributed by atoms with Crippen LogP contribution in [0.5, 0.6) is 0 Å². The third-order valence-corrected chi connectivity index (χ3v) is 10.8. The number of carboxylic acid groups (broad SMARTS) is 2. The van der Waals surface area contributed by atoms with E-state index in [1.165, 1.54) is 24.3 Å². The summed E-state index contributed by atoms with van der Waals surface area (Å²) in [5.41, 5.74) is 14.3. The molecule has 0 spiro atoms. The minimum Gasteiger partial charge on any atom is -1.00 e. The van der Waals surface area contributed by atoms with E-state index in [1.807, 2.05) is 97.1 Å². The van der Waals surface area contributed by atoms with Crippen LogP contribution in [0.4, 0.5) is 9.59 Å². The smallest absolute Gasteiger partial charge is 1.00 e. The first-order valence-corrected chi connectivity index (χ1v) is 21.5. The number of nitrogens with one attached hydrogen (secondary N) is 1. The molecule has 1 fully saturated rings. The fourth-order valence-corrected chi connectivity index (χ4v) is 7.74. The Morgan fingerprint density at radius 2 is 1.00 bits per heavy atom. The van der Waals surface area contributed by atoms with Gasteiger partial charge in [0.05, 0.1) is 0 Å². The predicted octanol–water partition coefficient (Wildman–Crippen LogP) is 0.433. The van der Waals surface area contributed by atoms with Crippen molar-refractivity contribution in [1.82, 2.24) is 10.4 Å². The van der Waals surface area contributed by atoms with E-state index in [4.69, 9.17) is 40.7 Å². The molecular weight excluding hydrogens is 949 g/mol. The summed E-state index contributed by atoms with van der Waals surface area (Å²) in [6, 6.07) is 44.2. The van der Waals surface area contributed by atoms with Crippen LogP contribution in [-0.2, 0) is 55.9 Å². The molecule has 1 heterocycles. The second-order valence-corrected chi connectivity index (χ2v) is 15.2. The Morgan fingerprint density at radius 3 is 1.38 bits per heavy atom. The number of imide groups is 1. The first-order chi connectivity index (χ1) is 35.4. The Balaban J connectivity index is 0.000000304. The molecule has 2 aliphatic carbocycles. The number of nitrogens with zero attached hydrogens (tertiary/aromatic N) is 1. The van der Waals surface area contributed by atoms with Gasteiger partial charge in [0.1, 0.15) is 25.3 Å². The fraction of sp³-hybridized carbons (Fsp3) is 0.189. The van der Waals surface area contributed by atoms with Crippen LogP contribution < -0.4 is 75.4 Å². The van der Waals surface area contributed by atoms with Crippen molar-refractivity contribution in [1.29, 1.82) is 0 Å². The predicted molar refractivity (Wildman–Crippen MR) is 251 cm³/mol. The summed E-state index contributed by atoms with van der Waals surface area (Å²) in [5, 5.41) is 29.3. The van der Waals surface area contributed by atoms with Gasteiger partial charge < -0.3 is 42.3 Å². The molecule has 17 nitrogen and oxygen atoms in total. The van der Waals surface area contributed by atoms with E-state index in [2.05, 4.69) is 10.2 Å². The summed E-state index contributed by atoms with van der Waals surface area (Å²) in [7, 11) is 0. The fourth-order valence-electron chi connectivity index (χ4n) is 7.74. The molecule has 5 N–H and O–H groups in total. The van der Waals surface area contributed by atoms with Gasteiger partial charge in [0, 0.05) is 36.5 Å². The minimum atomic E-state index is -2.32. The monoisotopic (exact) mass is 1000 g/mol. The second-order valence-electron chi connectivity index (χ2n) is 15.2. The molecule has 1 saturated heterocycles. The second kappa shape index (κ2) is 29.0. The number of carbonyl (C=O) groups is 7. The van der Waals surface area contributed by atoms with E-state index >= 15 is 0 Å². The molecule has 3 aliphatic rings. The van der Waals surface area contributed by atoms with Gasteiger partial charge in [0.2, 0.25) is 0 Å². The number of carbonyl (C=O) groups excluding carboxylic acids is 5. The molecule has 362 valence electrons. The molecule has 3 amide bonds. The molecule has 1 aliphatic heterocycles. The van der Waals surface area contributed by atoms with Crippen molar-refractivity contribution in [3.63, 3.8) is 0 Å². The molecule has 0 saturated carbocycles. The normalized spacial score (nSPS) is 14.4. The number of fused-ring (bicyclic) bond motifs is 6. The van der Waals surface area contributed by atoms with Crippen molar-refractivity contribution in [2.45, 2.75) is 49.5 Å². The van der Waals surface area contributed by atoms with Crippen LogP contribution in [0.1, 0.15) is 65.0 Å². The average molecular weight is 1000 g/mol. The number of aliphatic carboxylic acids is 2. The van der Waals surface area contributed by atoms with Crippen LogP contribution in [0.3, 0.4) is 0 Å². The van der Waals surface area contributed by atoms with Gasteiger partial charge in [-0.2, -0.15) is 0 Å². The molecule has 0 aromatic heterocycles. The summed E-state index contributed by atoms with van der Waals surface area (Å²) < 4.78 is 42.2. The third kappa shape index (κ3) is 15.7. The van der Waals surface area contributed by atoms with Gasteiger partial charge in [-0.05, 0) is 62.0 Å². The van der Waals surface area contributed by atoms with Crippen LogP contribution in [-0.4, -0.2) is 83.0 Å². The van der Waals surface area contributed by atoms with Crippen LogP contribution >= 0.6 is 0 Å². The number of nitrogens with two attached hydrogens (primary N) is 1. The van der Waals surface area contributed by atoms with E-state index in [0.29, 0.717) is 5.06 Å². The molecule has 6 aromatic rings. The number of benzene rings is 6. The van der Waals surface area contributed by atoms with Crippen LogP contribution in [0, 0.1) is 0 Å². The van der Waals surface area contributed by atoms with Crippen molar-refractivity contribution in [2.24, 2.45) is 5.73 Å². The maximum Gasteiger partial charge on any atom is 1.00 e. The number of alkyl carbamates (subject to hydrolysis) is 1. The SMILES string of the molecule is O=C(OCC1c2ccccc2-c2ccccc21)ON1C(=O)CCC1=O.O=CO[O-].[2H]C([2H])(c1ccccc1)C(NC(=O)OCC1c2ccccc2-c2ccccc21)C(=O)O.[2H]C([2H])(c1ccccc1)[C@@H](N)C(=O)O.[H-].[Na+].[Na+]. The number of hydrogen-bond acceptors (Lipinski definition) is 13. The Hall–Kier alpha value is -6.67.